The number of hydrogen-bond acceptors (Lipinski definition) is 1. The number of fused-ring (bicyclic) bond motifs is 2. The quantitative estimate of drug-likeness (QED) is 0.804. The van der Waals surface area contributed by atoms with E-state index in [9.17, 15) is 0 Å². The van der Waals surface area contributed by atoms with Gasteiger partial charge in [0.25, 0.3) is 0 Å². The van der Waals surface area contributed by atoms with Gasteiger partial charge in [-0.05, 0) is 36.5 Å². The zero-order valence-electron chi connectivity index (χ0n) is 11.5. The lowest BCUT2D eigenvalue weighted by atomic mass is 9.82. The Morgan fingerprint density at radius 2 is 1.90 bits per heavy atom. The standard InChI is InChI=1S/C19H19N/c20-14-10-11-17-18(12-14)15-8-4-5-9-16(15)19(17)13-6-2-1-3-7-13/h1-4,6-8,10-11,18-19H,5,9,12,20H2. The number of rotatable bonds is 1. The van der Waals surface area contributed by atoms with Gasteiger partial charge in [0.15, 0.2) is 0 Å². The van der Waals surface area contributed by atoms with Crippen LogP contribution in [0.25, 0.3) is 0 Å². The van der Waals surface area contributed by atoms with E-state index >= 15 is 0 Å². The fraction of sp³-hybridized carbons (Fsp3) is 0.263. The maximum absolute atomic E-state index is 6.07. The SMILES string of the molecule is NC1=CC=C2C(C1)C1=C(CCC=C1)C2c1ccccc1. The average molecular weight is 261 g/mol. The molecular formula is C19H19N. The van der Waals surface area contributed by atoms with Crippen molar-refractivity contribution in [2.45, 2.75) is 25.2 Å². The van der Waals surface area contributed by atoms with E-state index < -0.39 is 0 Å². The molecule has 1 nitrogen and oxygen atoms in total. The van der Waals surface area contributed by atoms with Crippen molar-refractivity contribution in [3.05, 3.63) is 82.6 Å². The Morgan fingerprint density at radius 1 is 1.05 bits per heavy atom. The Hall–Kier alpha value is -2.02. The first-order chi connectivity index (χ1) is 9.84. The molecule has 1 aromatic carbocycles. The van der Waals surface area contributed by atoms with Gasteiger partial charge in [-0.15, -0.1) is 0 Å². The molecule has 0 heterocycles. The lowest BCUT2D eigenvalue weighted by Crippen LogP contribution is -2.13. The number of nitrogens with two attached hydrogens (primary N) is 1. The highest BCUT2D eigenvalue weighted by Crippen LogP contribution is 2.53. The number of hydrogen-bond donors (Lipinski definition) is 1. The molecule has 3 aliphatic rings. The Bertz CT molecular complexity index is 658. The van der Waals surface area contributed by atoms with Crippen LogP contribution in [0.1, 0.15) is 30.7 Å². The molecule has 20 heavy (non-hydrogen) atoms. The Morgan fingerprint density at radius 3 is 2.75 bits per heavy atom. The average Bonchev–Trinajstić information content (AvgIpc) is 2.82. The summed E-state index contributed by atoms with van der Waals surface area (Å²) in [7, 11) is 0. The van der Waals surface area contributed by atoms with E-state index in [4.69, 9.17) is 5.73 Å². The van der Waals surface area contributed by atoms with Gasteiger partial charge in [0, 0.05) is 17.5 Å². The third kappa shape index (κ3) is 1.70. The molecule has 3 aliphatic carbocycles. The molecule has 0 amide bonds. The maximum Gasteiger partial charge on any atom is 0.0273 e. The summed E-state index contributed by atoms with van der Waals surface area (Å²) in [6.07, 6.45) is 12.4. The topological polar surface area (TPSA) is 26.0 Å². The highest BCUT2D eigenvalue weighted by atomic mass is 14.6. The first kappa shape index (κ1) is 11.8. The predicted molar refractivity (Wildman–Crippen MR) is 83.0 cm³/mol. The molecule has 0 bridgehead atoms. The molecule has 0 aliphatic heterocycles. The van der Waals surface area contributed by atoms with E-state index in [0.717, 1.165) is 12.1 Å². The van der Waals surface area contributed by atoms with E-state index in [1.807, 2.05) is 0 Å². The highest BCUT2D eigenvalue weighted by molar-refractivity contribution is 5.57. The minimum absolute atomic E-state index is 0.477. The van der Waals surface area contributed by atoms with Crippen LogP contribution in [0.4, 0.5) is 0 Å². The van der Waals surface area contributed by atoms with Crippen LogP contribution < -0.4 is 5.73 Å². The molecule has 1 heteroatoms. The molecule has 0 radical (unpaired) electrons. The lowest BCUT2D eigenvalue weighted by Gasteiger charge is -2.23. The van der Waals surface area contributed by atoms with Gasteiger partial charge < -0.3 is 5.73 Å². The molecule has 0 saturated heterocycles. The van der Waals surface area contributed by atoms with E-state index in [2.05, 4.69) is 54.6 Å². The van der Waals surface area contributed by atoms with E-state index in [-0.39, 0.29) is 0 Å². The number of benzene rings is 1. The first-order valence-corrected chi connectivity index (χ1v) is 7.45. The molecule has 0 saturated carbocycles. The molecule has 100 valence electrons. The van der Waals surface area contributed by atoms with Crippen LogP contribution in [0.5, 0.6) is 0 Å². The van der Waals surface area contributed by atoms with Crippen molar-refractivity contribution in [2.75, 3.05) is 0 Å². The monoisotopic (exact) mass is 261 g/mol. The molecule has 0 fully saturated rings. The minimum Gasteiger partial charge on any atom is -0.402 e. The van der Waals surface area contributed by atoms with Crippen LogP contribution in [-0.4, -0.2) is 0 Å². The maximum atomic E-state index is 6.07. The minimum atomic E-state index is 0.477. The third-order valence-electron chi connectivity index (χ3n) is 4.77. The summed E-state index contributed by atoms with van der Waals surface area (Å²) < 4.78 is 0. The van der Waals surface area contributed by atoms with Crippen LogP contribution in [0, 0.1) is 5.92 Å². The van der Waals surface area contributed by atoms with E-state index in [1.54, 1.807) is 11.1 Å². The Labute approximate surface area is 120 Å². The molecule has 4 rings (SSSR count). The summed E-state index contributed by atoms with van der Waals surface area (Å²) in [5.41, 5.74) is 13.2. The van der Waals surface area contributed by atoms with Crippen LogP contribution in [0.2, 0.25) is 0 Å². The summed E-state index contributed by atoms with van der Waals surface area (Å²) in [5.74, 6) is 0.988. The van der Waals surface area contributed by atoms with Gasteiger partial charge >= 0.3 is 0 Å². The molecule has 2 N–H and O–H groups in total. The van der Waals surface area contributed by atoms with Gasteiger partial charge in [-0.25, -0.2) is 0 Å². The van der Waals surface area contributed by atoms with E-state index in [0.29, 0.717) is 11.8 Å². The first-order valence-electron chi connectivity index (χ1n) is 7.45. The highest BCUT2D eigenvalue weighted by Gasteiger charge is 2.38. The number of allylic oxidation sites excluding steroid dienone is 8. The Balaban J connectivity index is 1.87. The fourth-order valence-corrected chi connectivity index (χ4v) is 3.92. The van der Waals surface area contributed by atoms with Gasteiger partial charge in [-0.1, -0.05) is 59.7 Å². The van der Waals surface area contributed by atoms with Gasteiger partial charge in [0.05, 0.1) is 0 Å². The molecule has 2 unspecified atom stereocenters. The molecular weight excluding hydrogens is 242 g/mol. The zero-order chi connectivity index (χ0) is 13.5. The largest absolute Gasteiger partial charge is 0.402 e. The summed E-state index contributed by atoms with van der Waals surface area (Å²) >= 11 is 0. The molecule has 0 aromatic heterocycles. The van der Waals surface area contributed by atoms with Crippen molar-refractivity contribution < 1.29 is 0 Å². The van der Waals surface area contributed by atoms with Crippen molar-refractivity contribution in [1.82, 2.24) is 0 Å². The van der Waals surface area contributed by atoms with Gasteiger partial charge in [-0.3, -0.25) is 0 Å². The summed E-state index contributed by atoms with van der Waals surface area (Å²) in [6, 6.07) is 10.9. The second-order valence-electron chi connectivity index (χ2n) is 5.93. The van der Waals surface area contributed by atoms with Crippen LogP contribution in [0.15, 0.2) is 77.1 Å². The van der Waals surface area contributed by atoms with E-state index in [1.165, 1.54) is 24.0 Å². The van der Waals surface area contributed by atoms with Crippen LogP contribution in [0.3, 0.4) is 0 Å². The Kier molecular flexibility index (Phi) is 2.66. The second-order valence-corrected chi connectivity index (χ2v) is 5.93. The molecule has 2 atom stereocenters. The van der Waals surface area contributed by atoms with Crippen LogP contribution in [-0.2, 0) is 0 Å². The lowest BCUT2D eigenvalue weighted by molar-refractivity contribution is 0.697. The predicted octanol–water partition coefficient (Wildman–Crippen LogP) is 4.22. The third-order valence-corrected chi connectivity index (χ3v) is 4.77. The van der Waals surface area contributed by atoms with Crippen LogP contribution >= 0.6 is 0 Å². The van der Waals surface area contributed by atoms with Crippen molar-refractivity contribution in [3.63, 3.8) is 0 Å². The summed E-state index contributed by atoms with van der Waals surface area (Å²) in [6.45, 7) is 0. The van der Waals surface area contributed by atoms with Gasteiger partial charge in [-0.2, -0.15) is 0 Å². The summed E-state index contributed by atoms with van der Waals surface area (Å²) in [5, 5.41) is 0. The molecule has 1 aromatic rings. The zero-order valence-corrected chi connectivity index (χ0v) is 11.5. The molecule has 0 spiro atoms. The fourth-order valence-electron chi connectivity index (χ4n) is 3.92. The van der Waals surface area contributed by atoms with Gasteiger partial charge in [0.1, 0.15) is 0 Å². The van der Waals surface area contributed by atoms with Crippen molar-refractivity contribution in [3.8, 4) is 0 Å². The summed E-state index contributed by atoms with van der Waals surface area (Å²) in [4.78, 5) is 0. The second kappa shape index (κ2) is 4.52. The van der Waals surface area contributed by atoms with Gasteiger partial charge in [0.2, 0.25) is 0 Å². The van der Waals surface area contributed by atoms with Crippen molar-refractivity contribution >= 4 is 0 Å². The normalized spacial score (nSPS) is 27.8. The van der Waals surface area contributed by atoms with Crippen molar-refractivity contribution in [2.24, 2.45) is 11.7 Å². The van der Waals surface area contributed by atoms with Crippen molar-refractivity contribution in [1.29, 1.82) is 0 Å². The smallest absolute Gasteiger partial charge is 0.0273 e.